The van der Waals surface area contributed by atoms with Crippen molar-refractivity contribution in [2.75, 3.05) is 24.6 Å². The van der Waals surface area contributed by atoms with Gasteiger partial charge in [-0.05, 0) is 19.1 Å². The number of carboxylic acid groups (broad SMARTS) is 1. The minimum Gasteiger partial charge on any atom is -0.481 e. The Morgan fingerprint density at radius 2 is 2.27 bits per heavy atom. The summed E-state index contributed by atoms with van der Waals surface area (Å²) < 4.78 is 0. The smallest absolute Gasteiger partial charge is 0.305 e. The molecule has 1 amide bonds. The molecule has 15 heavy (non-hydrogen) atoms. The van der Waals surface area contributed by atoms with E-state index in [4.69, 9.17) is 5.11 Å². The van der Waals surface area contributed by atoms with Crippen LogP contribution in [-0.4, -0.2) is 46.5 Å². The van der Waals surface area contributed by atoms with Gasteiger partial charge in [0.05, 0.1) is 6.42 Å². The summed E-state index contributed by atoms with van der Waals surface area (Å²) in [6, 6.07) is 0. The van der Waals surface area contributed by atoms with Crippen molar-refractivity contribution in [1.29, 1.82) is 0 Å². The molecule has 1 atom stereocenters. The molecule has 0 spiro atoms. The first kappa shape index (κ1) is 12.4. The molecule has 86 valence electrons. The lowest BCUT2D eigenvalue weighted by atomic mass is 10.1. The zero-order valence-electron chi connectivity index (χ0n) is 8.94. The minimum atomic E-state index is -0.845. The average molecular weight is 231 g/mol. The molecule has 1 saturated heterocycles. The lowest BCUT2D eigenvalue weighted by molar-refractivity contribution is -0.139. The summed E-state index contributed by atoms with van der Waals surface area (Å²) in [4.78, 5) is 24.0. The summed E-state index contributed by atoms with van der Waals surface area (Å²) in [7, 11) is 0. The number of aliphatic carboxylic acids is 1. The SMILES string of the molecule is CCN(CCC(=O)O)C(=O)C1CCSC1. The molecule has 0 bridgehead atoms. The van der Waals surface area contributed by atoms with Crippen LogP contribution in [-0.2, 0) is 9.59 Å². The van der Waals surface area contributed by atoms with Gasteiger partial charge in [0, 0.05) is 24.8 Å². The van der Waals surface area contributed by atoms with Crippen LogP contribution in [0.25, 0.3) is 0 Å². The molecule has 0 aliphatic carbocycles. The van der Waals surface area contributed by atoms with Gasteiger partial charge in [-0.15, -0.1) is 0 Å². The standard InChI is InChI=1S/C10H17NO3S/c1-2-11(5-3-9(12)13)10(14)8-4-6-15-7-8/h8H,2-7H2,1H3,(H,12,13). The molecule has 1 aliphatic heterocycles. The van der Waals surface area contributed by atoms with Crippen molar-refractivity contribution >= 4 is 23.6 Å². The Balaban J connectivity index is 2.42. The summed E-state index contributed by atoms with van der Waals surface area (Å²) in [5.74, 6) is 1.34. The van der Waals surface area contributed by atoms with Gasteiger partial charge in [-0.25, -0.2) is 0 Å². The Bertz CT molecular complexity index is 239. The molecule has 0 radical (unpaired) electrons. The number of carbonyl (C=O) groups is 2. The van der Waals surface area contributed by atoms with Crippen molar-refractivity contribution in [3.05, 3.63) is 0 Å². The monoisotopic (exact) mass is 231 g/mol. The second-order valence-electron chi connectivity index (χ2n) is 3.62. The molecular formula is C10H17NO3S. The number of amides is 1. The predicted octanol–water partition coefficient (Wildman–Crippen LogP) is 1.06. The van der Waals surface area contributed by atoms with Crippen molar-refractivity contribution in [3.8, 4) is 0 Å². The van der Waals surface area contributed by atoms with E-state index in [0.717, 1.165) is 17.9 Å². The molecule has 1 N–H and O–H groups in total. The Morgan fingerprint density at radius 3 is 2.73 bits per heavy atom. The number of thioether (sulfide) groups is 1. The van der Waals surface area contributed by atoms with Crippen LogP contribution in [0.5, 0.6) is 0 Å². The highest BCUT2D eigenvalue weighted by molar-refractivity contribution is 7.99. The number of hydrogen-bond acceptors (Lipinski definition) is 3. The van der Waals surface area contributed by atoms with E-state index in [2.05, 4.69) is 0 Å². The van der Waals surface area contributed by atoms with Crippen molar-refractivity contribution in [1.82, 2.24) is 4.90 Å². The molecule has 1 unspecified atom stereocenters. The largest absolute Gasteiger partial charge is 0.481 e. The first-order valence-corrected chi connectivity index (χ1v) is 6.39. The van der Waals surface area contributed by atoms with Crippen LogP contribution in [0.3, 0.4) is 0 Å². The fourth-order valence-electron chi connectivity index (χ4n) is 1.64. The average Bonchev–Trinajstić information content (AvgIpc) is 2.70. The third kappa shape index (κ3) is 3.74. The van der Waals surface area contributed by atoms with E-state index in [0.29, 0.717) is 13.1 Å². The van der Waals surface area contributed by atoms with Gasteiger partial charge in [0.1, 0.15) is 0 Å². The molecule has 0 saturated carbocycles. The maximum Gasteiger partial charge on any atom is 0.305 e. The second kappa shape index (κ2) is 6.00. The van der Waals surface area contributed by atoms with Crippen molar-refractivity contribution < 1.29 is 14.7 Å². The Hall–Kier alpha value is -0.710. The van der Waals surface area contributed by atoms with Crippen molar-refractivity contribution in [2.45, 2.75) is 19.8 Å². The Labute approximate surface area is 94.0 Å². The highest BCUT2D eigenvalue weighted by Gasteiger charge is 2.26. The zero-order valence-corrected chi connectivity index (χ0v) is 9.76. The summed E-state index contributed by atoms with van der Waals surface area (Å²) in [5.41, 5.74) is 0. The lowest BCUT2D eigenvalue weighted by Gasteiger charge is -2.23. The number of carboxylic acids is 1. The van der Waals surface area contributed by atoms with Crippen LogP contribution < -0.4 is 0 Å². The van der Waals surface area contributed by atoms with Gasteiger partial charge in [-0.3, -0.25) is 9.59 Å². The number of rotatable bonds is 5. The molecule has 0 aromatic rings. The summed E-state index contributed by atoms with van der Waals surface area (Å²) in [5, 5.41) is 8.56. The van der Waals surface area contributed by atoms with Crippen molar-refractivity contribution in [2.24, 2.45) is 5.92 Å². The quantitative estimate of drug-likeness (QED) is 0.768. The van der Waals surface area contributed by atoms with E-state index >= 15 is 0 Å². The Morgan fingerprint density at radius 1 is 1.53 bits per heavy atom. The molecule has 0 aromatic heterocycles. The van der Waals surface area contributed by atoms with E-state index < -0.39 is 5.97 Å². The van der Waals surface area contributed by atoms with E-state index in [1.165, 1.54) is 0 Å². The van der Waals surface area contributed by atoms with Crippen LogP contribution in [0.15, 0.2) is 0 Å². The van der Waals surface area contributed by atoms with Crippen LogP contribution in [0.4, 0.5) is 0 Å². The van der Waals surface area contributed by atoms with E-state index in [9.17, 15) is 9.59 Å². The minimum absolute atomic E-state index is 0.0411. The highest BCUT2D eigenvalue weighted by atomic mass is 32.2. The summed E-state index contributed by atoms with van der Waals surface area (Å²) in [6.07, 6.45) is 0.979. The predicted molar refractivity (Wildman–Crippen MR) is 59.9 cm³/mol. The van der Waals surface area contributed by atoms with Crippen LogP contribution in [0.2, 0.25) is 0 Å². The van der Waals surface area contributed by atoms with Crippen molar-refractivity contribution in [3.63, 3.8) is 0 Å². The first-order chi connectivity index (χ1) is 7.15. The van der Waals surface area contributed by atoms with Gasteiger partial charge in [-0.1, -0.05) is 0 Å². The van der Waals surface area contributed by atoms with Crippen LogP contribution in [0.1, 0.15) is 19.8 Å². The fourth-order valence-corrected chi connectivity index (χ4v) is 2.85. The first-order valence-electron chi connectivity index (χ1n) is 5.23. The molecule has 4 nitrogen and oxygen atoms in total. The Kier molecular flexibility index (Phi) is 4.94. The van der Waals surface area contributed by atoms with Gasteiger partial charge in [0.25, 0.3) is 0 Å². The maximum absolute atomic E-state index is 11.9. The normalized spacial score (nSPS) is 20.2. The molecule has 1 fully saturated rings. The number of carbonyl (C=O) groups excluding carboxylic acids is 1. The summed E-state index contributed by atoms with van der Waals surface area (Å²) >= 11 is 1.80. The molecule has 5 heteroatoms. The van der Waals surface area contributed by atoms with E-state index in [-0.39, 0.29) is 18.2 Å². The van der Waals surface area contributed by atoms with Gasteiger partial charge in [0.15, 0.2) is 0 Å². The molecule has 1 rings (SSSR count). The van der Waals surface area contributed by atoms with E-state index in [1.54, 1.807) is 16.7 Å². The van der Waals surface area contributed by atoms with Crippen LogP contribution in [0, 0.1) is 5.92 Å². The third-order valence-corrected chi connectivity index (χ3v) is 3.73. The zero-order chi connectivity index (χ0) is 11.3. The van der Waals surface area contributed by atoms with Gasteiger partial charge in [0.2, 0.25) is 5.91 Å². The van der Waals surface area contributed by atoms with Gasteiger partial charge >= 0.3 is 5.97 Å². The molecule has 0 aromatic carbocycles. The number of hydrogen-bond donors (Lipinski definition) is 1. The molecular weight excluding hydrogens is 214 g/mol. The highest BCUT2D eigenvalue weighted by Crippen LogP contribution is 2.25. The fraction of sp³-hybridized carbons (Fsp3) is 0.800. The van der Waals surface area contributed by atoms with Gasteiger partial charge in [-0.2, -0.15) is 11.8 Å². The second-order valence-corrected chi connectivity index (χ2v) is 4.77. The lowest BCUT2D eigenvalue weighted by Crippen LogP contribution is -2.37. The molecule has 1 aliphatic rings. The van der Waals surface area contributed by atoms with Crippen LogP contribution >= 0.6 is 11.8 Å². The van der Waals surface area contributed by atoms with Gasteiger partial charge < -0.3 is 10.0 Å². The topological polar surface area (TPSA) is 57.6 Å². The van der Waals surface area contributed by atoms with E-state index in [1.807, 2.05) is 6.92 Å². The summed E-state index contributed by atoms with van der Waals surface area (Å²) in [6.45, 7) is 2.83. The third-order valence-electron chi connectivity index (χ3n) is 2.57. The number of nitrogens with zero attached hydrogens (tertiary/aromatic N) is 1. The molecule has 1 heterocycles. The maximum atomic E-state index is 11.9.